The molecule has 1 aliphatic rings. The van der Waals surface area contributed by atoms with Crippen molar-refractivity contribution in [3.8, 4) is 34.1 Å². The van der Waals surface area contributed by atoms with Crippen molar-refractivity contribution >= 4 is 0 Å². The predicted octanol–water partition coefficient (Wildman–Crippen LogP) is 10.9. The van der Waals surface area contributed by atoms with Crippen LogP contribution in [-0.2, 0) is 23.6 Å². The van der Waals surface area contributed by atoms with Crippen LogP contribution in [0.1, 0.15) is 48.6 Å². The molecule has 0 atom stereocenters. The maximum Gasteiger partial charge on any atom is 0.144 e. The van der Waals surface area contributed by atoms with Crippen LogP contribution in [0.3, 0.4) is 0 Å². The summed E-state index contributed by atoms with van der Waals surface area (Å²) in [6.45, 7) is 10.7. The Labute approximate surface area is 297 Å². The normalized spacial score (nSPS) is 11.6. The fourth-order valence-electron chi connectivity index (χ4n) is 5.90. The molecule has 1 heterocycles. The molecule has 0 amide bonds. The molecule has 0 fully saturated rings. The van der Waals surface area contributed by atoms with Crippen molar-refractivity contribution in [3.63, 3.8) is 0 Å². The smallest absolute Gasteiger partial charge is 0.144 e. The highest BCUT2D eigenvalue weighted by Gasteiger charge is 2.38. The Bertz CT molecular complexity index is 1890. The Morgan fingerprint density at radius 3 is 1.80 bits per heavy atom. The standard InChI is InChI=1S/C36H32O5.C9H14/c1-37-30-14-10-28(11-15-30)36(27-7-5-4-6-8-27,29-12-16-31(38-2)17-13-29)41-23-25-9-19-34-33-20-18-32(39-3)22-26(33)24-40-35(34)21-25;1-8(2)6-5-7-9(3)4/h4-22H,23-24H2,1-3H3;5-7H,1H2,2-4H3/b;6-5-. The van der Waals surface area contributed by atoms with Gasteiger partial charge >= 0.3 is 0 Å². The lowest BCUT2D eigenvalue weighted by atomic mass is 9.80. The lowest BCUT2D eigenvalue weighted by molar-refractivity contribution is 0.000108. The molecule has 0 unspecified atom stereocenters. The van der Waals surface area contributed by atoms with Crippen LogP contribution in [0.25, 0.3) is 11.1 Å². The molecule has 5 aromatic rings. The summed E-state index contributed by atoms with van der Waals surface area (Å²) in [7, 11) is 5.03. The topological polar surface area (TPSA) is 46.2 Å². The monoisotopic (exact) mass is 666 g/mol. The Morgan fingerprint density at radius 1 is 0.680 bits per heavy atom. The number of hydrogen-bond donors (Lipinski definition) is 0. The summed E-state index contributed by atoms with van der Waals surface area (Å²) in [5.74, 6) is 3.25. The molecule has 0 radical (unpaired) electrons. The molecule has 5 heteroatoms. The molecule has 0 saturated heterocycles. The molecule has 50 heavy (non-hydrogen) atoms. The summed E-state index contributed by atoms with van der Waals surface area (Å²) in [6, 6.07) is 38.9. The van der Waals surface area contributed by atoms with E-state index >= 15 is 0 Å². The minimum Gasteiger partial charge on any atom is -0.497 e. The highest BCUT2D eigenvalue weighted by Crippen LogP contribution is 2.44. The number of allylic oxidation sites excluding steroid dienone is 5. The van der Waals surface area contributed by atoms with Crippen molar-refractivity contribution in [1.29, 1.82) is 0 Å². The van der Waals surface area contributed by atoms with E-state index in [0.29, 0.717) is 13.2 Å². The third-order valence-corrected chi connectivity index (χ3v) is 8.47. The van der Waals surface area contributed by atoms with Gasteiger partial charge in [0.05, 0.1) is 27.9 Å². The molecule has 0 aliphatic carbocycles. The van der Waals surface area contributed by atoms with Gasteiger partial charge in [0.25, 0.3) is 0 Å². The van der Waals surface area contributed by atoms with Crippen molar-refractivity contribution in [3.05, 3.63) is 179 Å². The molecule has 1 aliphatic heterocycles. The van der Waals surface area contributed by atoms with Crippen LogP contribution in [0.5, 0.6) is 23.0 Å². The first kappa shape index (κ1) is 35.8. The fraction of sp³-hybridized carbons (Fsp3) is 0.200. The molecule has 0 spiro atoms. The first-order chi connectivity index (χ1) is 24.3. The number of fused-ring (bicyclic) bond motifs is 3. The van der Waals surface area contributed by atoms with E-state index in [4.69, 9.17) is 23.7 Å². The lowest BCUT2D eigenvalue weighted by Gasteiger charge is -2.36. The van der Waals surface area contributed by atoms with Crippen LogP contribution in [0.2, 0.25) is 0 Å². The molecule has 0 bridgehead atoms. The second-order valence-corrected chi connectivity index (χ2v) is 12.4. The van der Waals surface area contributed by atoms with Crippen LogP contribution in [0.4, 0.5) is 0 Å². The van der Waals surface area contributed by atoms with Crippen LogP contribution >= 0.6 is 0 Å². The average Bonchev–Trinajstić information content (AvgIpc) is 3.15. The largest absolute Gasteiger partial charge is 0.497 e. The first-order valence-electron chi connectivity index (χ1n) is 16.7. The van der Waals surface area contributed by atoms with Gasteiger partial charge in [-0.15, -0.1) is 0 Å². The number of rotatable bonds is 11. The zero-order chi connectivity index (χ0) is 35.5. The molecule has 256 valence electrons. The number of methoxy groups -OCH3 is 3. The van der Waals surface area contributed by atoms with Gasteiger partial charge in [0.15, 0.2) is 0 Å². The van der Waals surface area contributed by atoms with Gasteiger partial charge in [-0.25, -0.2) is 0 Å². The van der Waals surface area contributed by atoms with E-state index in [9.17, 15) is 0 Å². The molecule has 0 N–H and O–H groups in total. The maximum atomic E-state index is 7.06. The van der Waals surface area contributed by atoms with E-state index in [1.807, 2.05) is 73.7 Å². The van der Waals surface area contributed by atoms with Gasteiger partial charge in [0.1, 0.15) is 35.2 Å². The summed E-state index contributed by atoms with van der Waals surface area (Å²) in [6.07, 6.45) is 6.07. The second kappa shape index (κ2) is 16.7. The lowest BCUT2D eigenvalue weighted by Crippen LogP contribution is -2.32. The van der Waals surface area contributed by atoms with E-state index < -0.39 is 5.60 Å². The van der Waals surface area contributed by atoms with Crippen LogP contribution in [0.15, 0.2) is 151 Å². The zero-order valence-electron chi connectivity index (χ0n) is 29.9. The number of hydrogen-bond acceptors (Lipinski definition) is 5. The molecular weight excluding hydrogens is 620 g/mol. The number of ether oxygens (including phenoxy) is 5. The Hall–Kier alpha value is -5.52. The van der Waals surface area contributed by atoms with Gasteiger partial charge in [-0.1, -0.05) is 109 Å². The zero-order valence-corrected chi connectivity index (χ0v) is 29.9. The summed E-state index contributed by atoms with van der Waals surface area (Å²) in [4.78, 5) is 0. The Kier molecular flexibility index (Phi) is 12.0. The Morgan fingerprint density at radius 2 is 1.24 bits per heavy atom. The SMILES string of the molecule is C=C(C)/C=C\C=C(C)C.COc1ccc(C(OCc2ccc3c(c2)OCc2cc(OC)ccc2-3)(c2ccccc2)c2ccc(OC)cc2)cc1. The van der Waals surface area contributed by atoms with Crippen LogP contribution in [-0.4, -0.2) is 21.3 Å². The van der Waals surface area contributed by atoms with Gasteiger partial charge in [-0.3, -0.25) is 0 Å². The summed E-state index contributed by atoms with van der Waals surface area (Å²) in [5.41, 5.74) is 8.88. The average molecular weight is 667 g/mol. The third-order valence-electron chi connectivity index (χ3n) is 8.47. The minimum absolute atomic E-state index is 0.360. The highest BCUT2D eigenvalue weighted by molar-refractivity contribution is 5.76. The van der Waals surface area contributed by atoms with Crippen molar-refractivity contribution in [2.45, 2.75) is 39.6 Å². The van der Waals surface area contributed by atoms with Crippen LogP contribution in [0, 0.1) is 0 Å². The van der Waals surface area contributed by atoms with E-state index in [2.05, 4.69) is 87.2 Å². The van der Waals surface area contributed by atoms with Gasteiger partial charge < -0.3 is 23.7 Å². The molecule has 5 aromatic carbocycles. The fourth-order valence-corrected chi connectivity index (χ4v) is 5.90. The highest BCUT2D eigenvalue weighted by atomic mass is 16.5. The number of benzene rings is 5. The first-order valence-corrected chi connectivity index (χ1v) is 16.7. The van der Waals surface area contributed by atoms with Gasteiger partial charge in [-0.05, 0) is 91.1 Å². The van der Waals surface area contributed by atoms with Crippen molar-refractivity contribution in [2.24, 2.45) is 0 Å². The second-order valence-electron chi connectivity index (χ2n) is 12.4. The molecule has 0 aromatic heterocycles. The van der Waals surface area contributed by atoms with E-state index in [1.54, 1.807) is 21.3 Å². The maximum absolute atomic E-state index is 7.06. The summed E-state index contributed by atoms with van der Waals surface area (Å²) < 4.78 is 29.6. The Balaban J connectivity index is 0.000000478. The van der Waals surface area contributed by atoms with E-state index in [1.165, 1.54) is 5.57 Å². The molecular formula is C45H46O5. The predicted molar refractivity (Wildman–Crippen MR) is 203 cm³/mol. The van der Waals surface area contributed by atoms with Gasteiger partial charge in [0, 0.05) is 11.1 Å². The molecule has 6 rings (SSSR count). The molecule has 0 saturated carbocycles. The van der Waals surface area contributed by atoms with E-state index in [0.717, 1.165) is 67.5 Å². The summed E-state index contributed by atoms with van der Waals surface area (Å²) in [5, 5.41) is 0. The van der Waals surface area contributed by atoms with Crippen molar-refractivity contribution in [2.75, 3.05) is 21.3 Å². The minimum atomic E-state index is -0.889. The van der Waals surface area contributed by atoms with Crippen molar-refractivity contribution in [1.82, 2.24) is 0 Å². The van der Waals surface area contributed by atoms with Gasteiger partial charge in [-0.2, -0.15) is 0 Å². The summed E-state index contributed by atoms with van der Waals surface area (Å²) >= 11 is 0. The van der Waals surface area contributed by atoms with Gasteiger partial charge in [0.2, 0.25) is 0 Å². The molecule has 5 nitrogen and oxygen atoms in total. The third kappa shape index (κ3) is 8.36. The van der Waals surface area contributed by atoms with E-state index in [-0.39, 0.29) is 0 Å². The van der Waals surface area contributed by atoms with Crippen molar-refractivity contribution < 1.29 is 23.7 Å². The quantitative estimate of drug-likeness (QED) is 0.104. The van der Waals surface area contributed by atoms with Crippen LogP contribution < -0.4 is 18.9 Å².